The molecule has 2 N–H and O–H groups in total. The van der Waals surface area contributed by atoms with Crippen LogP contribution in [0.3, 0.4) is 0 Å². The molecule has 0 spiro atoms. The Kier molecular flexibility index (Phi) is 6.12. The van der Waals surface area contributed by atoms with E-state index in [1.54, 1.807) is 32.2 Å². The van der Waals surface area contributed by atoms with Crippen LogP contribution in [-0.4, -0.2) is 49.4 Å². The number of hydrogen-bond acceptors (Lipinski definition) is 6. The zero-order chi connectivity index (χ0) is 22.1. The van der Waals surface area contributed by atoms with Crippen LogP contribution in [0.2, 0.25) is 0 Å². The second kappa shape index (κ2) is 8.43. The van der Waals surface area contributed by atoms with E-state index in [0.29, 0.717) is 34.6 Å². The highest BCUT2D eigenvalue weighted by atomic mass is 19.4. The van der Waals surface area contributed by atoms with Gasteiger partial charge in [0.1, 0.15) is 11.5 Å². The van der Waals surface area contributed by atoms with Gasteiger partial charge in [-0.05, 0) is 37.1 Å². The van der Waals surface area contributed by atoms with Crippen molar-refractivity contribution >= 4 is 12.2 Å². The van der Waals surface area contributed by atoms with Crippen molar-refractivity contribution in [2.75, 3.05) is 26.0 Å². The second-order valence-electron chi connectivity index (χ2n) is 7.14. The molecular formula is C21H23F3N2O4. The highest BCUT2D eigenvalue weighted by molar-refractivity contribution is 5.67. The van der Waals surface area contributed by atoms with E-state index in [0.717, 1.165) is 0 Å². The second-order valence-corrected chi connectivity index (χ2v) is 7.14. The first-order chi connectivity index (χ1) is 14.2. The van der Waals surface area contributed by atoms with Gasteiger partial charge in [0.15, 0.2) is 5.75 Å². The first-order valence-corrected chi connectivity index (χ1v) is 9.33. The van der Waals surface area contributed by atoms with Gasteiger partial charge in [-0.3, -0.25) is 9.69 Å². The minimum Gasteiger partial charge on any atom is -0.508 e. The molecule has 0 radical (unpaired) electrons. The Morgan fingerprint density at radius 2 is 1.97 bits per heavy atom. The molecule has 2 aromatic rings. The third-order valence-corrected chi connectivity index (χ3v) is 5.30. The SMILES string of the molecule is CNc1ccc2c(c1OC=O)C[C@@H](C)N(CC(F)(F)F)C2c1ccc(O)cc1OC. The normalized spacial score (nSPS) is 19.1. The molecule has 0 fully saturated rings. The maximum atomic E-state index is 13.4. The first kappa shape index (κ1) is 21.8. The summed E-state index contributed by atoms with van der Waals surface area (Å²) < 4.78 is 50.9. The molecule has 6 nitrogen and oxygen atoms in total. The van der Waals surface area contributed by atoms with E-state index in [2.05, 4.69) is 5.32 Å². The van der Waals surface area contributed by atoms with Crippen LogP contribution in [0.15, 0.2) is 30.3 Å². The van der Waals surface area contributed by atoms with E-state index >= 15 is 0 Å². The van der Waals surface area contributed by atoms with E-state index in [-0.39, 0.29) is 17.9 Å². The van der Waals surface area contributed by atoms with Crippen molar-refractivity contribution in [1.82, 2.24) is 4.90 Å². The predicted octanol–water partition coefficient (Wildman–Crippen LogP) is 3.88. The molecule has 9 heteroatoms. The average Bonchev–Trinajstić information content (AvgIpc) is 2.68. The minimum atomic E-state index is -4.42. The number of carbonyl (C=O) groups is 1. The Morgan fingerprint density at radius 3 is 2.57 bits per heavy atom. The van der Waals surface area contributed by atoms with Crippen LogP contribution in [0.4, 0.5) is 18.9 Å². The smallest absolute Gasteiger partial charge is 0.401 e. The highest BCUT2D eigenvalue weighted by Crippen LogP contribution is 2.47. The average molecular weight is 424 g/mol. The summed E-state index contributed by atoms with van der Waals surface area (Å²) in [5.74, 6) is 0.506. The molecule has 0 saturated heterocycles. The van der Waals surface area contributed by atoms with Crippen LogP contribution in [0.25, 0.3) is 0 Å². The van der Waals surface area contributed by atoms with Crippen LogP contribution in [0, 0.1) is 0 Å². The van der Waals surface area contributed by atoms with Gasteiger partial charge in [-0.15, -0.1) is 0 Å². The Morgan fingerprint density at radius 1 is 1.27 bits per heavy atom. The standard InChI is InChI=1S/C21H23F3N2O4/c1-12-8-16-14(6-7-17(25-2)20(16)30-11-27)19(26(12)10-21(22,23)24)15-5-4-13(28)9-18(15)29-3/h4-7,9,11-12,19,25,28H,8,10H2,1-3H3/t12-,19?/m1/s1. The quantitative estimate of drug-likeness (QED) is 0.686. The Hall–Kier alpha value is -2.94. The van der Waals surface area contributed by atoms with Crippen molar-refractivity contribution in [3.63, 3.8) is 0 Å². The lowest BCUT2D eigenvalue weighted by atomic mass is 9.83. The lowest BCUT2D eigenvalue weighted by molar-refractivity contribution is -0.155. The number of nitrogens with zero attached hydrogens (tertiary/aromatic N) is 1. The number of fused-ring (bicyclic) bond motifs is 1. The highest BCUT2D eigenvalue weighted by Gasteiger charge is 2.42. The van der Waals surface area contributed by atoms with Crippen molar-refractivity contribution in [3.05, 3.63) is 47.0 Å². The molecule has 1 aliphatic rings. The Balaban J connectivity index is 2.26. The monoisotopic (exact) mass is 424 g/mol. The molecule has 2 atom stereocenters. The largest absolute Gasteiger partial charge is 0.508 e. The zero-order valence-electron chi connectivity index (χ0n) is 16.8. The third-order valence-electron chi connectivity index (χ3n) is 5.30. The Labute approximate surface area is 172 Å². The maximum absolute atomic E-state index is 13.4. The van der Waals surface area contributed by atoms with Gasteiger partial charge in [0.05, 0.1) is 25.4 Å². The topological polar surface area (TPSA) is 71.0 Å². The summed E-state index contributed by atoms with van der Waals surface area (Å²) in [6.45, 7) is 0.880. The molecule has 0 saturated carbocycles. The number of aromatic hydroxyl groups is 1. The fourth-order valence-corrected chi connectivity index (χ4v) is 4.06. The fraction of sp³-hybridized carbons (Fsp3) is 0.381. The van der Waals surface area contributed by atoms with E-state index in [1.165, 1.54) is 24.1 Å². The molecule has 1 heterocycles. The van der Waals surface area contributed by atoms with Gasteiger partial charge >= 0.3 is 6.18 Å². The molecule has 2 aromatic carbocycles. The molecule has 1 aliphatic heterocycles. The van der Waals surface area contributed by atoms with E-state index in [9.17, 15) is 23.1 Å². The summed E-state index contributed by atoms with van der Waals surface area (Å²) in [5, 5.41) is 12.8. The molecule has 3 rings (SSSR count). The summed E-state index contributed by atoms with van der Waals surface area (Å²) in [6.07, 6.45) is -4.15. The number of hydrogen-bond donors (Lipinski definition) is 2. The van der Waals surface area contributed by atoms with E-state index in [1.807, 2.05) is 0 Å². The minimum absolute atomic E-state index is 0.0578. The number of phenols is 1. The van der Waals surface area contributed by atoms with Gasteiger partial charge in [-0.2, -0.15) is 13.2 Å². The summed E-state index contributed by atoms with van der Waals surface area (Å²) >= 11 is 0. The van der Waals surface area contributed by atoms with Crippen molar-refractivity contribution < 1.29 is 32.5 Å². The van der Waals surface area contributed by atoms with Crippen LogP contribution in [0.1, 0.15) is 29.7 Å². The van der Waals surface area contributed by atoms with Crippen LogP contribution in [-0.2, 0) is 11.2 Å². The van der Waals surface area contributed by atoms with Crippen LogP contribution >= 0.6 is 0 Å². The summed E-state index contributed by atoms with van der Waals surface area (Å²) in [4.78, 5) is 12.4. The maximum Gasteiger partial charge on any atom is 0.401 e. The van der Waals surface area contributed by atoms with E-state index < -0.39 is 24.8 Å². The van der Waals surface area contributed by atoms with Crippen LogP contribution in [0.5, 0.6) is 17.2 Å². The lowest BCUT2D eigenvalue weighted by Gasteiger charge is -2.43. The number of anilines is 1. The third kappa shape index (κ3) is 4.16. The number of methoxy groups -OCH3 is 1. The van der Waals surface area contributed by atoms with Crippen molar-refractivity contribution in [2.24, 2.45) is 0 Å². The lowest BCUT2D eigenvalue weighted by Crippen LogP contribution is -2.47. The van der Waals surface area contributed by atoms with E-state index in [4.69, 9.17) is 9.47 Å². The number of ether oxygens (including phenoxy) is 2. The molecule has 30 heavy (non-hydrogen) atoms. The van der Waals surface area contributed by atoms with Crippen molar-refractivity contribution in [2.45, 2.75) is 31.6 Å². The summed E-state index contributed by atoms with van der Waals surface area (Å²) in [7, 11) is 3.06. The van der Waals surface area contributed by atoms with Crippen molar-refractivity contribution in [1.29, 1.82) is 0 Å². The van der Waals surface area contributed by atoms with Gasteiger partial charge in [0.25, 0.3) is 6.47 Å². The number of rotatable bonds is 6. The zero-order valence-corrected chi connectivity index (χ0v) is 16.8. The number of halogens is 3. The van der Waals surface area contributed by atoms with Gasteiger partial charge in [0, 0.05) is 30.3 Å². The van der Waals surface area contributed by atoms with Gasteiger partial charge in [0.2, 0.25) is 0 Å². The number of phenolic OH excluding ortho intramolecular Hbond substituents is 1. The summed E-state index contributed by atoms with van der Waals surface area (Å²) in [6, 6.07) is 6.39. The Bertz CT molecular complexity index is 933. The predicted molar refractivity (Wildman–Crippen MR) is 105 cm³/mol. The van der Waals surface area contributed by atoms with Crippen LogP contribution < -0.4 is 14.8 Å². The number of nitrogens with one attached hydrogen (secondary N) is 1. The van der Waals surface area contributed by atoms with Gasteiger partial charge in [-0.1, -0.05) is 6.07 Å². The molecule has 162 valence electrons. The molecule has 1 unspecified atom stereocenters. The molecule has 0 bridgehead atoms. The summed E-state index contributed by atoms with van der Waals surface area (Å²) in [5.41, 5.74) is 2.27. The number of benzene rings is 2. The first-order valence-electron chi connectivity index (χ1n) is 9.33. The molecular weight excluding hydrogens is 401 g/mol. The van der Waals surface area contributed by atoms with Gasteiger partial charge < -0.3 is 19.9 Å². The molecule has 0 aromatic heterocycles. The number of carbonyl (C=O) groups excluding carboxylic acids is 1. The fourth-order valence-electron chi connectivity index (χ4n) is 4.06. The molecule has 0 aliphatic carbocycles. The van der Waals surface area contributed by atoms with Gasteiger partial charge in [-0.25, -0.2) is 0 Å². The van der Waals surface area contributed by atoms with Crippen molar-refractivity contribution in [3.8, 4) is 17.2 Å². The number of alkyl halides is 3. The molecule has 0 amide bonds.